The van der Waals surface area contributed by atoms with Crippen molar-refractivity contribution in [3.63, 3.8) is 0 Å². The Morgan fingerprint density at radius 2 is 1.66 bits per heavy atom. The molecule has 0 unspecified atom stereocenters. The van der Waals surface area contributed by atoms with E-state index in [4.69, 9.17) is 0 Å². The molecule has 0 aliphatic carbocycles. The van der Waals surface area contributed by atoms with E-state index in [1.54, 1.807) is 33.7 Å². The van der Waals surface area contributed by atoms with Gasteiger partial charge in [0.2, 0.25) is 0 Å². The third kappa shape index (κ3) is 2.84. The van der Waals surface area contributed by atoms with Crippen molar-refractivity contribution in [2.75, 3.05) is 13.1 Å². The monoisotopic (exact) mass is 389 g/mol. The number of aromatic amines is 2. The molecule has 0 bridgehead atoms. The van der Waals surface area contributed by atoms with Gasteiger partial charge in [-0.25, -0.2) is 9.89 Å². The summed E-state index contributed by atoms with van der Waals surface area (Å²) in [5, 5.41) is 7.44. The Balaban J connectivity index is 1.41. The molecule has 1 aliphatic heterocycles. The molecule has 5 rings (SSSR count). The molecule has 2 aromatic heterocycles. The molecule has 0 saturated carbocycles. The minimum Gasteiger partial charge on any atom is -0.337 e. The zero-order chi connectivity index (χ0) is 20.0. The molecule has 2 aromatic carbocycles. The molecular formula is C21H19N5O3. The van der Waals surface area contributed by atoms with Gasteiger partial charge in [-0.1, -0.05) is 30.3 Å². The normalized spacial score (nSPS) is 15.2. The number of aromatic nitrogens is 4. The number of hydrogen-bond donors (Lipinski definition) is 2. The molecule has 1 amide bonds. The zero-order valence-electron chi connectivity index (χ0n) is 15.6. The number of hydrogen-bond acceptors (Lipinski definition) is 4. The third-order valence-electron chi connectivity index (χ3n) is 5.64. The Bertz CT molecular complexity index is 1340. The van der Waals surface area contributed by atoms with Gasteiger partial charge in [-0.15, -0.1) is 0 Å². The van der Waals surface area contributed by atoms with E-state index in [0.717, 1.165) is 11.0 Å². The lowest BCUT2D eigenvalue weighted by molar-refractivity contribution is 0.0690. The van der Waals surface area contributed by atoms with Gasteiger partial charge in [0.1, 0.15) is 0 Å². The molecule has 0 spiro atoms. The molecule has 1 saturated heterocycles. The number of fused-ring (bicyclic) bond motifs is 2. The summed E-state index contributed by atoms with van der Waals surface area (Å²) in [7, 11) is 0. The van der Waals surface area contributed by atoms with Crippen molar-refractivity contribution in [1.82, 2.24) is 24.6 Å². The highest BCUT2D eigenvalue weighted by Gasteiger charge is 2.28. The first-order chi connectivity index (χ1) is 14.1. The van der Waals surface area contributed by atoms with Gasteiger partial charge in [-0.2, -0.15) is 5.10 Å². The maximum absolute atomic E-state index is 13.1. The summed E-state index contributed by atoms with van der Waals surface area (Å²) in [6.45, 7) is 1.04. The van der Waals surface area contributed by atoms with Gasteiger partial charge in [-0.05, 0) is 31.0 Å². The van der Waals surface area contributed by atoms with Crippen molar-refractivity contribution >= 4 is 27.7 Å². The Kier molecular flexibility index (Phi) is 4.04. The van der Waals surface area contributed by atoms with Crippen LogP contribution in [-0.4, -0.2) is 43.6 Å². The molecule has 2 N–H and O–H groups in total. The van der Waals surface area contributed by atoms with E-state index in [2.05, 4.69) is 15.2 Å². The predicted molar refractivity (Wildman–Crippen MR) is 109 cm³/mol. The van der Waals surface area contributed by atoms with Gasteiger partial charge in [0.25, 0.3) is 11.5 Å². The molecule has 146 valence electrons. The predicted octanol–water partition coefficient (Wildman–Crippen LogP) is 2.04. The van der Waals surface area contributed by atoms with Crippen molar-refractivity contribution in [1.29, 1.82) is 0 Å². The number of benzene rings is 2. The molecule has 0 radical (unpaired) electrons. The van der Waals surface area contributed by atoms with Crippen molar-refractivity contribution < 1.29 is 4.79 Å². The lowest BCUT2D eigenvalue weighted by Gasteiger charge is -2.32. The van der Waals surface area contributed by atoms with Crippen molar-refractivity contribution in [3.05, 3.63) is 75.1 Å². The smallest absolute Gasteiger partial charge is 0.326 e. The van der Waals surface area contributed by atoms with Crippen LogP contribution in [0.3, 0.4) is 0 Å². The number of para-hydroxylation sites is 2. The second-order valence-electron chi connectivity index (χ2n) is 7.29. The first kappa shape index (κ1) is 17.4. The largest absolute Gasteiger partial charge is 0.337 e. The van der Waals surface area contributed by atoms with Crippen LogP contribution in [0.1, 0.15) is 29.4 Å². The van der Waals surface area contributed by atoms with E-state index in [1.807, 2.05) is 24.3 Å². The quantitative estimate of drug-likeness (QED) is 0.547. The average Bonchev–Trinajstić information content (AvgIpc) is 3.09. The topological polar surface area (TPSA) is 104 Å². The number of amides is 1. The molecule has 8 nitrogen and oxygen atoms in total. The van der Waals surface area contributed by atoms with Gasteiger partial charge < -0.3 is 9.88 Å². The minimum absolute atomic E-state index is 0.0305. The molecule has 0 atom stereocenters. The summed E-state index contributed by atoms with van der Waals surface area (Å²) in [6, 6.07) is 14.6. The highest BCUT2D eigenvalue weighted by Crippen LogP contribution is 2.26. The van der Waals surface area contributed by atoms with Crippen LogP contribution in [0.2, 0.25) is 0 Å². The van der Waals surface area contributed by atoms with Gasteiger partial charge in [-0.3, -0.25) is 14.2 Å². The van der Waals surface area contributed by atoms with Gasteiger partial charge in [0.15, 0.2) is 5.69 Å². The molecule has 3 heterocycles. The van der Waals surface area contributed by atoms with Crippen LogP contribution >= 0.6 is 0 Å². The van der Waals surface area contributed by atoms with Crippen LogP contribution < -0.4 is 11.2 Å². The molecule has 4 aromatic rings. The highest BCUT2D eigenvalue weighted by atomic mass is 16.2. The molecule has 1 fully saturated rings. The van der Waals surface area contributed by atoms with Gasteiger partial charge in [0, 0.05) is 24.5 Å². The standard InChI is InChI=1S/C21H19N5O3/c27-19-15-6-2-1-5-14(15)18(23-24-19)20(28)25-11-9-13(10-12-25)26-17-8-4-3-7-16(17)22-21(26)29/h1-8,13H,9-12H2,(H,22,29)(H,24,27). The second-order valence-corrected chi connectivity index (χ2v) is 7.29. The Hall–Kier alpha value is -3.68. The first-order valence-electron chi connectivity index (χ1n) is 9.59. The Morgan fingerprint density at radius 3 is 2.45 bits per heavy atom. The van der Waals surface area contributed by atoms with Crippen LogP contribution in [0.5, 0.6) is 0 Å². The van der Waals surface area contributed by atoms with E-state index < -0.39 is 0 Å². The Morgan fingerprint density at radius 1 is 0.966 bits per heavy atom. The van der Waals surface area contributed by atoms with Gasteiger partial charge >= 0.3 is 5.69 Å². The van der Waals surface area contributed by atoms with Crippen LogP contribution in [-0.2, 0) is 0 Å². The number of likely N-dealkylation sites (tertiary alicyclic amines) is 1. The summed E-state index contributed by atoms with van der Waals surface area (Å²) < 4.78 is 1.80. The molecule has 29 heavy (non-hydrogen) atoms. The van der Waals surface area contributed by atoms with Crippen molar-refractivity contribution in [3.8, 4) is 0 Å². The summed E-state index contributed by atoms with van der Waals surface area (Å²) >= 11 is 0. The van der Waals surface area contributed by atoms with Crippen LogP contribution in [0, 0.1) is 0 Å². The van der Waals surface area contributed by atoms with E-state index in [0.29, 0.717) is 36.7 Å². The number of nitrogens with zero attached hydrogens (tertiary/aromatic N) is 3. The number of nitrogens with one attached hydrogen (secondary N) is 2. The number of carbonyl (C=O) groups excluding carboxylic acids is 1. The third-order valence-corrected chi connectivity index (χ3v) is 5.64. The number of carbonyl (C=O) groups is 1. The average molecular weight is 389 g/mol. The first-order valence-corrected chi connectivity index (χ1v) is 9.59. The summed E-state index contributed by atoms with van der Waals surface area (Å²) in [5.41, 5.74) is 1.53. The summed E-state index contributed by atoms with van der Waals surface area (Å²) in [6.07, 6.45) is 1.35. The van der Waals surface area contributed by atoms with Crippen LogP contribution in [0.25, 0.3) is 21.8 Å². The van der Waals surface area contributed by atoms with E-state index >= 15 is 0 Å². The number of piperidine rings is 1. The van der Waals surface area contributed by atoms with Gasteiger partial charge in [0.05, 0.1) is 16.4 Å². The summed E-state index contributed by atoms with van der Waals surface area (Å²) in [4.78, 5) is 42.1. The fourth-order valence-corrected chi connectivity index (χ4v) is 4.19. The molecule has 8 heteroatoms. The lowest BCUT2D eigenvalue weighted by atomic mass is 10.0. The SMILES string of the molecule is O=C(c1n[nH]c(=O)c2ccccc12)N1CCC(n2c(=O)[nH]c3ccccc32)CC1. The second kappa shape index (κ2) is 6.73. The lowest BCUT2D eigenvalue weighted by Crippen LogP contribution is -2.41. The number of imidazole rings is 1. The summed E-state index contributed by atoms with van der Waals surface area (Å²) in [5.74, 6) is -0.206. The highest BCUT2D eigenvalue weighted by molar-refractivity contribution is 6.04. The van der Waals surface area contributed by atoms with Crippen LogP contribution in [0.4, 0.5) is 0 Å². The fraction of sp³-hybridized carbons (Fsp3) is 0.238. The zero-order valence-corrected chi connectivity index (χ0v) is 15.6. The van der Waals surface area contributed by atoms with Crippen LogP contribution in [0.15, 0.2) is 58.1 Å². The van der Waals surface area contributed by atoms with Crippen molar-refractivity contribution in [2.45, 2.75) is 18.9 Å². The van der Waals surface area contributed by atoms with Crippen molar-refractivity contribution in [2.24, 2.45) is 0 Å². The maximum atomic E-state index is 13.1. The van der Waals surface area contributed by atoms with E-state index in [-0.39, 0.29) is 28.9 Å². The number of rotatable bonds is 2. The fourth-order valence-electron chi connectivity index (χ4n) is 4.19. The molecule has 1 aliphatic rings. The molecular weight excluding hydrogens is 370 g/mol. The number of H-pyrrole nitrogens is 2. The maximum Gasteiger partial charge on any atom is 0.326 e. The minimum atomic E-state index is -0.311. The Labute approximate surface area is 164 Å². The van der Waals surface area contributed by atoms with E-state index in [1.165, 1.54) is 0 Å². The van der Waals surface area contributed by atoms with E-state index in [9.17, 15) is 14.4 Å².